The fraction of sp³-hybridized carbons (Fsp3) is 0.400. The molecule has 0 aromatic carbocycles. The molecule has 0 aliphatic rings. The van der Waals surface area contributed by atoms with Crippen molar-refractivity contribution in [1.82, 2.24) is 24.0 Å². The van der Waals surface area contributed by atoms with Crippen LogP contribution >= 0.6 is 0 Å². The number of carbonyl (C=O) groups excluding carboxylic acids is 1. The van der Waals surface area contributed by atoms with Crippen molar-refractivity contribution in [1.29, 1.82) is 0 Å². The summed E-state index contributed by atoms with van der Waals surface area (Å²) in [6.07, 6.45) is 2.14. The second-order valence-electron chi connectivity index (χ2n) is 3.88. The topological polar surface area (TPSA) is 93.0 Å². The summed E-state index contributed by atoms with van der Waals surface area (Å²) >= 11 is 0. The Balaban J connectivity index is 0.000000280. The normalized spacial score (nSPS) is 9.78. The van der Waals surface area contributed by atoms with Crippen molar-refractivity contribution >= 4 is 17.6 Å². The molecule has 0 aliphatic heterocycles. The van der Waals surface area contributed by atoms with Gasteiger partial charge in [-0.1, -0.05) is 0 Å². The van der Waals surface area contributed by atoms with Crippen molar-refractivity contribution in [2.24, 2.45) is 14.1 Å². The maximum atomic E-state index is 11.4. The van der Waals surface area contributed by atoms with E-state index in [9.17, 15) is 14.4 Å². The first-order valence-electron chi connectivity index (χ1n) is 5.11. The number of nitrogens with one attached hydrogen (secondary N) is 1. The van der Waals surface area contributed by atoms with Gasteiger partial charge in [0.05, 0.1) is 6.33 Å². The molecule has 2 aromatic rings. The Bertz CT molecular complexity index is 664. The Morgan fingerprint density at radius 1 is 1.28 bits per heavy atom. The van der Waals surface area contributed by atoms with E-state index in [0.717, 1.165) is 11.0 Å². The number of aromatic amines is 1. The minimum atomic E-state index is -0.371. The van der Waals surface area contributed by atoms with Gasteiger partial charge >= 0.3 is 5.69 Å². The summed E-state index contributed by atoms with van der Waals surface area (Å²) in [5.41, 5.74) is 0.0119. The lowest BCUT2D eigenvalue weighted by atomic mass is 10.5. The number of rotatable bonds is 1. The van der Waals surface area contributed by atoms with E-state index in [4.69, 9.17) is 0 Å². The van der Waals surface area contributed by atoms with Gasteiger partial charge in [-0.25, -0.2) is 9.78 Å². The average Bonchev–Trinajstić information content (AvgIpc) is 2.83. The standard InChI is InChI=1S/C7H8N4O2.C3H7NO/c1-10-5-4(8-3-9-5)6(12)11(2)7(10)13;1-4(2)3-5/h3H,1-2H3,(H,8,9);3H,1-2H3. The van der Waals surface area contributed by atoms with E-state index >= 15 is 0 Å². The van der Waals surface area contributed by atoms with Crippen molar-refractivity contribution < 1.29 is 4.79 Å². The summed E-state index contributed by atoms with van der Waals surface area (Å²) in [4.78, 5) is 40.3. The van der Waals surface area contributed by atoms with Crippen molar-refractivity contribution in [2.75, 3.05) is 14.1 Å². The fourth-order valence-corrected chi connectivity index (χ4v) is 1.27. The van der Waals surface area contributed by atoms with Crippen molar-refractivity contribution in [3.8, 4) is 0 Å². The number of carbonyl (C=O) groups is 1. The predicted molar refractivity (Wildman–Crippen MR) is 66.3 cm³/mol. The van der Waals surface area contributed by atoms with Crippen LogP contribution in [0.25, 0.3) is 11.2 Å². The van der Waals surface area contributed by atoms with Crippen LogP contribution in [0.3, 0.4) is 0 Å². The molecule has 98 valence electrons. The highest BCUT2D eigenvalue weighted by Gasteiger charge is 2.08. The smallest absolute Gasteiger partial charge is 0.332 e. The Kier molecular flexibility index (Phi) is 4.03. The lowest BCUT2D eigenvalue weighted by Crippen LogP contribution is -2.36. The van der Waals surface area contributed by atoms with Crippen LogP contribution in [0.15, 0.2) is 15.9 Å². The number of imidazole rings is 1. The van der Waals surface area contributed by atoms with Gasteiger partial charge in [0.15, 0.2) is 5.65 Å². The summed E-state index contributed by atoms with van der Waals surface area (Å²) in [5, 5.41) is 0. The third kappa shape index (κ3) is 2.47. The molecule has 2 aromatic heterocycles. The SMILES string of the molecule is CN(C)C=O.Cn1c(=O)c2[nH]cnc2n(C)c1=O. The Hall–Kier alpha value is -2.38. The molecule has 1 amide bonds. The third-order valence-electron chi connectivity index (χ3n) is 2.24. The molecule has 0 spiro atoms. The molecule has 1 N–H and O–H groups in total. The molecular formula is C10H15N5O3. The molecular weight excluding hydrogens is 238 g/mol. The zero-order valence-electron chi connectivity index (χ0n) is 10.7. The summed E-state index contributed by atoms with van der Waals surface area (Å²) in [6, 6.07) is 0. The molecule has 0 atom stereocenters. The highest BCUT2D eigenvalue weighted by molar-refractivity contribution is 5.68. The van der Waals surface area contributed by atoms with Crippen molar-refractivity contribution in [2.45, 2.75) is 0 Å². The Morgan fingerprint density at radius 3 is 2.33 bits per heavy atom. The van der Waals surface area contributed by atoms with Crippen LogP contribution in [0, 0.1) is 0 Å². The lowest BCUT2D eigenvalue weighted by molar-refractivity contribution is -0.115. The first-order chi connectivity index (χ1) is 8.40. The van der Waals surface area contributed by atoms with Gasteiger partial charge in [-0.2, -0.15) is 0 Å². The summed E-state index contributed by atoms with van der Waals surface area (Å²) < 4.78 is 2.37. The highest BCUT2D eigenvalue weighted by Crippen LogP contribution is 1.97. The molecule has 2 rings (SSSR count). The largest absolute Gasteiger partial charge is 0.351 e. The van der Waals surface area contributed by atoms with Gasteiger partial charge in [0.1, 0.15) is 5.52 Å². The van der Waals surface area contributed by atoms with E-state index in [1.165, 1.54) is 22.8 Å². The minimum absolute atomic E-state index is 0.351. The highest BCUT2D eigenvalue weighted by atomic mass is 16.2. The number of fused-ring (bicyclic) bond motifs is 1. The Morgan fingerprint density at radius 2 is 1.83 bits per heavy atom. The maximum Gasteiger partial charge on any atom is 0.332 e. The molecule has 8 nitrogen and oxygen atoms in total. The fourth-order valence-electron chi connectivity index (χ4n) is 1.27. The minimum Gasteiger partial charge on any atom is -0.351 e. The molecule has 0 fully saturated rings. The second kappa shape index (κ2) is 5.30. The first kappa shape index (κ1) is 13.7. The molecule has 0 radical (unpaired) electrons. The third-order valence-corrected chi connectivity index (χ3v) is 2.24. The van der Waals surface area contributed by atoms with Crippen LogP contribution in [0.1, 0.15) is 0 Å². The molecule has 0 bridgehead atoms. The van der Waals surface area contributed by atoms with Gasteiger partial charge < -0.3 is 9.88 Å². The molecule has 0 saturated carbocycles. The van der Waals surface area contributed by atoms with Crippen molar-refractivity contribution in [3.63, 3.8) is 0 Å². The number of hydrogen-bond donors (Lipinski definition) is 1. The molecule has 0 saturated heterocycles. The molecule has 8 heteroatoms. The van der Waals surface area contributed by atoms with E-state index in [0.29, 0.717) is 11.2 Å². The lowest BCUT2D eigenvalue weighted by Gasteiger charge is -2.00. The van der Waals surface area contributed by atoms with E-state index in [-0.39, 0.29) is 11.2 Å². The maximum absolute atomic E-state index is 11.4. The van der Waals surface area contributed by atoms with E-state index in [1.54, 1.807) is 21.1 Å². The quantitative estimate of drug-likeness (QED) is 0.637. The summed E-state index contributed by atoms with van der Waals surface area (Å²) in [5.74, 6) is 0. The second-order valence-corrected chi connectivity index (χ2v) is 3.88. The van der Waals surface area contributed by atoms with Gasteiger partial charge in [0.2, 0.25) is 6.41 Å². The predicted octanol–water partition coefficient (Wildman–Crippen LogP) is -1.34. The number of H-pyrrole nitrogens is 1. The van der Waals surface area contributed by atoms with E-state index in [1.807, 2.05) is 0 Å². The molecule has 0 aliphatic carbocycles. The summed E-state index contributed by atoms with van der Waals surface area (Å²) in [7, 11) is 6.38. The van der Waals surface area contributed by atoms with E-state index < -0.39 is 0 Å². The van der Waals surface area contributed by atoms with Crippen LogP contribution in [-0.4, -0.2) is 44.5 Å². The number of nitrogens with zero attached hydrogens (tertiary/aromatic N) is 4. The van der Waals surface area contributed by atoms with Crippen LogP contribution in [0.4, 0.5) is 0 Å². The van der Waals surface area contributed by atoms with Gasteiger partial charge in [0, 0.05) is 28.2 Å². The monoisotopic (exact) mass is 253 g/mol. The average molecular weight is 253 g/mol. The number of aryl methyl sites for hydroxylation is 1. The molecule has 2 heterocycles. The van der Waals surface area contributed by atoms with Crippen LogP contribution in [0.2, 0.25) is 0 Å². The first-order valence-corrected chi connectivity index (χ1v) is 5.11. The van der Waals surface area contributed by atoms with Crippen LogP contribution < -0.4 is 11.2 Å². The Labute approximate surface area is 102 Å². The van der Waals surface area contributed by atoms with Crippen LogP contribution in [0.5, 0.6) is 0 Å². The van der Waals surface area contributed by atoms with Crippen LogP contribution in [-0.2, 0) is 18.9 Å². The molecule has 18 heavy (non-hydrogen) atoms. The van der Waals surface area contributed by atoms with Gasteiger partial charge in [-0.05, 0) is 0 Å². The van der Waals surface area contributed by atoms with Gasteiger partial charge in [-0.15, -0.1) is 0 Å². The number of amides is 1. The van der Waals surface area contributed by atoms with E-state index in [2.05, 4.69) is 9.97 Å². The number of hydrogen-bond acceptors (Lipinski definition) is 4. The molecule has 0 unspecified atom stereocenters. The number of aromatic nitrogens is 4. The zero-order chi connectivity index (χ0) is 13.9. The van der Waals surface area contributed by atoms with Crippen molar-refractivity contribution in [3.05, 3.63) is 27.2 Å². The summed E-state index contributed by atoms with van der Waals surface area (Å²) in [6.45, 7) is 0. The zero-order valence-corrected chi connectivity index (χ0v) is 10.7. The van der Waals surface area contributed by atoms with Gasteiger partial charge in [0.25, 0.3) is 5.56 Å². The van der Waals surface area contributed by atoms with Gasteiger partial charge in [-0.3, -0.25) is 18.7 Å².